The molecule has 0 atom stereocenters. The minimum absolute atomic E-state index is 0. The highest BCUT2D eigenvalue weighted by Crippen LogP contribution is 2.19. The summed E-state index contributed by atoms with van der Waals surface area (Å²) in [5, 5.41) is 3.14. The molecule has 2 aromatic rings. The molecule has 0 fully saturated rings. The number of nitrogens with zero attached hydrogens (tertiary/aromatic N) is 1. The lowest BCUT2D eigenvalue weighted by molar-refractivity contribution is 0.818. The van der Waals surface area contributed by atoms with E-state index in [1.165, 1.54) is 16.7 Å². The van der Waals surface area contributed by atoms with E-state index < -0.39 is 0 Å². The number of rotatable bonds is 3. The van der Waals surface area contributed by atoms with Crippen molar-refractivity contribution in [2.24, 2.45) is 0 Å². The van der Waals surface area contributed by atoms with Gasteiger partial charge in [-0.2, -0.15) is 0 Å². The minimum atomic E-state index is 0. The molecule has 1 heterocycles. The van der Waals surface area contributed by atoms with E-state index in [1.807, 2.05) is 26.2 Å². The predicted molar refractivity (Wildman–Crippen MR) is 81.7 cm³/mol. The molecule has 2 nitrogen and oxygen atoms in total. The zero-order valence-corrected chi connectivity index (χ0v) is 12.1. The Bertz CT molecular complexity index is 469. The van der Waals surface area contributed by atoms with E-state index in [-0.39, 0.29) is 24.8 Å². The lowest BCUT2D eigenvalue weighted by Gasteiger charge is -2.04. The van der Waals surface area contributed by atoms with Crippen molar-refractivity contribution in [3.8, 4) is 11.1 Å². The van der Waals surface area contributed by atoms with Crippen molar-refractivity contribution in [1.82, 2.24) is 10.3 Å². The zero-order chi connectivity index (χ0) is 11.4. The van der Waals surface area contributed by atoms with Crippen LogP contribution in [0.5, 0.6) is 0 Å². The molecule has 18 heavy (non-hydrogen) atoms. The second kappa shape index (κ2) is 8.09. The summed E-state index contributed by atoms with van der Waals surface area (Å²) in [7, 11) is 1.96. The van der Waals surface area contributed by atoms with Crippen molar-refractivity contribution in [2.75, 3.05) is 7.05 Å². The molecule has 0 aliphatic rings. The Morgan fingerprint density at radius 1 is 1.00 bits per heavy atom. The number of nitrogens with one attached hydrogen (secondary N) is 1. The summed E-state index contributed by atoms with van der Waals surface area (Å²) >= 11 is 0. The van der Waals surface area contributed by atoms with Gasteiger partial charge < -0.3 is 5.32 Å². The van der Waals surface area contributed by atoms with Gasteiger partial charge in [-0.25, -0.2) is 0 Å². The van der Waals surface area contributed by atoms with Gasteiger partial charge in [-0.3, -0.25) is 4.98 Å². The highest BCUT2D eigenvalue weighted by atomic mass is 35.5. The molecule has 1 N–H and O–H groups in total. The van der Waals surface area contributed by atoms with E-state index in [2.05, 4.69) is 40.6 Å². The van der Waals surface area contributed by atoms with E-state index in [1.54, 1.807) is 0 Å². The first-order valence-corrected chi connectivity index (χ1v) is 5.46. The number of pyridine rings is 1. The molecular formula is C14H18Cl2N2. The fourth-order valence-corrected chi connectivity index (χ4v) is 1.74. The summed E-state index contributed by atoms with van der Waals surface area (Å²) in [6, 6.07) is 12.8. The van der Waals surface area contributed by atoms with Crippen molar-refractivity contribution in [1.29, 1.82) is 0 Å². The third-order valence-electron chi connectivity index (χ3n) is 2.56. The molecule has 0 aliphatic heterocycles. The number of hydrogen-bond donors (Lipinski definition) is 1. The van der Waals surface area contributed by atoms with Crippen molar-refractivity contribution in [2.45, 2.75) is 13.5 Å². The number of aromatic nitrogens is 1. The SMILES string of the molecule is CNCc1ccc(-c2ccnc(C)c2)cc1.Cl.Cl. The summed E-state index contributed by atoms with van der Waals surface area (Å²) in [5.41, 5.74) is 4.82. The third kappa shape index (κ3) is 4.30. The summed E-state index contributed by atoms with van der Waals surface area (Å²) in [6.45, 7) is 2.93. The molecule has 0 saturated carbocycles. The first kappa shape index (κ1) is 16.9. The normalized spacial score (nSPS) is 9.22. The second-order valence-corrected chi connectivity index (χ2v) is 3.91. The van der Waals surface area contributed by atoms with Gasteiger partial charge in [-0.05, 0) is 42.8 Å². The number of halogens is 2. The number of benzene rings is 1. The first-order chi connectivity index (χ1) is 7.79. The Morgan fingerprint density at radius 2 is 1.67 bits per heavy atom. The third-order valence-corrected chi connectivity index (χ3v) is 2.56. The van der Waals surface area contributed by atoms with Gasteiger partial charge in [0, 0.05) is 18.4 Å². The average molecular weight is 285 g/mol. The van der Waals surface area contributed by atoms with Gasteiger partial charge in [0.15, 0.2) is 0 Å². The fourth-order valence-electron chi connectivity index (χ4n) is 1.74. The quantitative estimate of drug-likeness (QED) is 0.931. The molecule has 1 aromatic carbocycles. The maximum atomic E-state index is 4.20. The molecule has 4 heteroatoms. The standard InChI is InChI=1S/C14H16N2.2ClH/c1-11-9-14(7-8-16-11)13-5-3-12(4-6-13)10-15-2;;/h3-9,15H,10H2,1-2H3;2*1H. The van der Waals surface area contributed by atoms with Crippen molar-refractivity contribution in [3.05, 3.63) is 53.9 Å². The van der Waals surface area contributed by atoms with Gasteiger partial charge in [0.25, 0.3) is 0 Å². The van der Waals surface area contributed by atoms with E-state index >= 15 is 0 Å². The van der Waals surface area contributed by atoms with Crippen LogP contribution < -0.4 is 5.32 Å². The van der Waals surface area contributed by atoms with Crippen LogP contribution in [0, 0.1) is 6.92 Å². The van der Waals surface area contributed by atoms with Crippen LogP contribution in [0.4, 0.5) is 0 Å². The molecule has 0 radical (unpaired) electrons. The molecule has 1 aromatic heterocycles. The summed E-state index contributed by atoms with van der Waals surface area (Å²) in [5.74, 6) is 0. The largest absolute Gasteiger partial charge is 0.316 e. The number of hydrogen-bond acceptors (Lipinski definition) is 2. The molecule has 2 rings (SSSR count). The molecule has 0 unspecified atom stereocenters. The van der Waals surface area contributed by atoms with Gasteiger partial charge in [-0.1, -0.05) is 24.3 Å². The van der Waals surface area contributed by atoms with Gasteiger partial charge in [0.1, 0.15) is 0 Å². The van der Waals surface area contributed by atoms with E-state index in [4.69, 9.17) is 0 Å². The zero-order valence-electron chi connectivity index (χ0n) is 10.5. The first-order valence-electron chi connectivity index (χ1n) is 5.46. The van der Waals surface area contributed by atoms with E-state index in [9.17, 15) is 0 Å². The van der Waals surface area contributed by atoms with Crippen LogP contribution >= 0.6 is 24.8 Å². The molecular weight excluding hydrogens is 267 g/mol. The highest BCUT2D eigenvalue weighted by Gasteiger charge is 1.98. The average Bonchev–Trinajstić information content (AvgIpc) is 2.30. The van der Waals surface area contributed by atoms with Crippen molar-refractivity contribution in [3.63, 3.8) is 0 Å². The minimum Gasteiger partial charge on any atom is -0.316 e. The van der Waals surface area contributed by atoms with Crippen molar-refractivity contribution >= 4 is 24.8 Å². The van der Waals surface area contributed by atoms with Crippen LogP contribution in [0.25, 0.3) is 11.1 Å². The van der Waals surface area contributed by atoms with E-state index in [0.717, 1.165) is 12.2 Å². The molecule has 0 amide bonds. The monoisotopic (exact) mass is 284 g/mol. The lowest BCUT2D eigenvalue weighted by Crippen LogP contribution is -2.04. The molecule has 0 aliphatic carbocycles. The van der Waals surface area contributed by atoms with Gasteiger partial charge in [0.05, 0.1) is 0 Å². The van der Waals surface area contributed by atoms with Crippen LogP contribution in [-0.2, 0) is 6.54 Å². The van der Waals surface area contributed by atoms with Crippen LogP contribution in [0.1, 0.15) is 11.3 Å². The Balaban J connectivity index is 0.00000144. The Labute approximate surface area is 121 Å². The van der Waals surface area contributed by atoms with E-state index in [0.29, 0.717) is 0 Å². The smallest absolute Gasteiger partial charge is 0.0378 e. The van der Waals surface area contributed by atoms with Crippen molar-refractivity contribution < 1.29 is 0 Å². The molecule has 98 valence electrons. The lowest BCUT2D eigenvalue weighted by atomic mass is 10.0. The van der Waals surface area contributed by atoms with Crippen LogP contribution in [0.2, 0.25) is 0 Å². The van der Waals surface area contributed by atoms with Crippen LogP contribution in [0.15, 0.2) is 42.6 Å². The summed E-state index contributed by atoms with van der Waals surface area (Å²) in [4.78, 5) is 4.20. The maximum Gasteiger partial charge on any atom is 0.0378 e. The van der Waals surface area contributed by atoms with Gasteiger partial charge >= 0.3 is 0 Å². The topological polar surface area (TPSA) is 24.9 Å². The van der Waals surface area contributed by atoms with Crippen LogP contribution in [0.3, 0.4) is 0 Å². The molecule has 0 spiro atoms. The Kier molecular flexibility index (Phi) is 7.60. The summed E-state index contributed by atoms with van der Waals surface area (Å²) in [6.07, 6.45) is 1.85. The maximum absolute atomic E-state index is 4.20. The number of aryl methyl sites for hydroxylation is 1. The Hall–Kier alpha value is -1.09. The van der Waals surface area contributed by atoms with Gasteiger partial charge in [0.2, 0.25) is 0 Å². The summed E-state index contributed by atoms with van der Waals surface area (Å²) < 4.78 is 0. The second-order valence-electron chi connectivity index (χ2n) is 3.91. The Morgan fingerprint density at radius 3 is 2.22 bits per heavy atom. The fraction of sp³-hybridized carbons (Fsp3) is 0.214. The predicted octanol–water partition coefficient (Wildman–Crippen LogP) is 3.62. The molecule has 0 saturated heterocycles. The highest BCUT2D eigenvalue weighted by molar-refractivity contribution is 5.85. The van der Waals surface area contributed by atoms with Crippen LogP contribution in [-0.4, -0.2) is 12.0 Å². The molecule has 0 bridgehead atoms. The van der Waals surface area contributed by atoms with Gasteiger partial charge in [-0.15, -0.1) is 24.8 Å².